The summed E-state index contributed by atoms with van der Waals surface area (Å²) in [6.07, 6.45) is 28.1. The Bertz CT molecular complexity index is 701. The van der Waals surface area contributed by atoms with E-state index >= 15 is 0 Å². The molecule has 0 unspecified atom stereocenters. The van der Waals surface area contributed by atoms with Gasteiger partial charge in [0.1, 0.15) is 0 Å². The highest BCUT2D eigenvalue weighted by atomic mass is 14.6. The van der Waals surface area contributed by atoms with Crippen LogP contribution in [0, 0.1) is 23.2 Å². The minimum Gasteiger partial charge on any atom is -0.0654 e. The first-order valence-corrected chi connectivity index (χ1v) is 15.3. The van der Waals surface area contributed by atoms with Crippen LogP contribution in [-0.4, -0.2) is 0 Å². The molecule has 5 aliphatic rings. The third kappa shape index (κ3) is 4.97. The Morgan fingerprint density at radius 3 is 1.79 bits per heavy atom. The van der Waals surface area contributed by atoms with Gasteiger partial charge in [0.05, 0.1) is 0 Å². The van der Waals surface area contributed by atoms with Crippen LogP contribution < -0.4 is 0 Å². The first kappa shape index (κ1) is 23.9. The maximum absolute atomic E-state index is 2.58. The summed E-state index contributed by atoms with van der Waals surface area (Å²) >= 11 is 0. The molecule has 1 aromatic rings. The number of benzene rings is 1. The molecule has 5 saturated carbocycles. The summed E-state index contributed by atoms with van der Waals surface area (Å²) in [5.74, 6) is 3.96. The lowest BCUT2D eigenvalue weighted by molar-refractivity contribution is -0.0294. The van der Waals surface area contributed by atoms with E-state index < -0.39 is 0 Å². The van der Waals surface area contributed by atoms with Crippen LogP contribution in [0.25, 0.3) is 0 Å². The van der Waals surface area contributed by atoms with E-state index in [0.29, 0.717) is 5.41 Å². The van der Waals surface area contributed by atoms with Crippen molar-refractivity contribution in [2.45, 2.75) is 147 Å². The van der Waals surface area contributed by atoms with E-state index in [2.05, 4.69) is 38.1 Å². The van der Waals surface area contributed by atoms with Crippen LogP contribution in [0.1, 0.15) is 153 Å². The first-order valence-electron chi connectivity index (χ1n) is 15.3. The monoisotopic (exact) mass is 448 g/mol. The van der Waals surface area contributed by atoms with E-state index in [4.69, 9.17) is 0 Å². The highest BCUT2D eigenvalue weighted by Crippen LogP contribution is 2.62. The molecule has 5 aliphatic carbocycles. The first-order chi connectivity index (χ1) is 16.2. The van der Waals surface area contributed by atoms with Crippen LogP contribution in [0.4, 0.5) is 0 Å². The molecule has 0 heteroatoms. The van der Waals surface area contributed by atoms with Crippen LogP contribution in [-0.2, 0) is 5.41 Å². The van der Waals surface area contributed by atoms with Gasteiger partial charge in [0, 0.05) is 0 Å². The topological polar surface area (TPSA) is 0 Å². The Balaban J connectivity index is 1.16. The van der Waals surface area contributed by atoms with Crippen molar-refractivity contribution >= 4 is 0 Å². The second-order valence-electron chi connectivity index (χ2n) is 13.1. The second kappa shape index (κ2) is 10.5. The zero-order chi connectivity index (χ0) is 22.7. The number of hydrogen-bond acceptors (Lipinski definition) is 0. The van der Waals surface area contributed by atoms with Crippen molar-refractivity contribution in [3.8, 4) is 0 Å². The SMILES string of the molecule is CCCC[C@H]1CC[C@H](c2ccc(C34CCC(C5CCC(CCC)CC5)(CC3)CC4)cc2)CC1. The number of hydrogen-bond donors (Lipinski definition) is 0. The van der Waals surface area contributed by atoms with Crippen molar-refractivity contribution in [1.82, 2.24) is 0 Å². The van der Waals surface area contributed by atoms with E-state index in [1.54, 1.807) is 24.0 Å². The fraction of sp³-hybridized carbons (Fsp3) is 0.818. The van der Waals surface area contributed by atoms with Gasteiger partial charge in [-0.25, -0.2) is 0 Å². The molecule has 184 valence electrons. The van der Waals surface area contributed by atoms with Gasteiger partial charge < -0.3 is 0 Å². The summed E-state index contributed by atoms with van der Waals surface area (Å²) < 4.78 is 0. The Morgan fingerprint density at radius 1 is 0.636 bits per heavy atom. The van der Waals surface area contributed by atoms with Gasteiger partial charge >= 0.3 is 0 Å². The predicted octanol–water partition coefficient (Wildman–Crippen LogP) is 10.3. The van der Waals surface area contributed by atoms with Gasteiger partial charge in [0.15, 0.2) is 0 Å². The third-order valence-corrected chi connectivity index (χ3v) is 11.5. The van der Waals surface area contributed by atoms with Crippen LogP contribution in [0.3, 0.4) is 0 Å². The van der Waals surface area contributed by atoms with E-state index in [1.807, 2.05) is 0 Å². The summed E-state index contributed by atoms with van der Waals surface area (Å²) in [6, 6.07) is 10.2. The average molecular weight is 449 g/mol. The Hall–Kier alpha value is -0.780. The normalized spacial score (nSPS) is 39.0. The highest BCUT2D eigenvalue weighted by Gasteiger charge is 2.52. The molecular weight excluding hydrogens is 396 g/mol. The van der Waals surface area contributed by atoms with E-state index in [1.165, 1.54) is 109 Å². The van der Waals surface area contributed by atoms with Crippen molar-refractivity contribution in [1.29, 1.82) is 0 Å². The molecule has 0 amide bonds. The zero-order valence-corrected chi connectivity index (χ0v) is 22.1. The van der Waals surface area contributed by atoms with Crippen LogP contribution in [0.15, 0.2) is 24.3 Å². The molecule has 0 nitrogen and oxygen atoms in total. The summed E-state index contributed by atoms with van der Waals surface area (Å²) in [4.78, 5) is 0. The quantitative estimate of drug-likeness (QED) is 0.371. The third-order valence-electron chi connectivity index (χ3n) is 11.5. The predicted molar refractivity (Wildman–Crippen MR) is 143 cm³/mol. The molecule has 0 spiro atoms. The molecule has 0 radical (unpaired) electrons. The molecule has 33 heavy (non-hydrogen) atoms. The van der Waals surface area contributed by atoms with Gasteiger partial charge in [0.25, 0.3) is 0 Å². The molecule has 0 atom stereocenters. The molecule has 6 rings (SSSR count). The van der Waals surface area contributed by atoms with Crippen molar-refractivity contribution in [3.05, 3.63) is 35.4 Å². The van der Waals surface area contributed by atoms with Crippen molar-refractivity contribution in [3.63, 3.8) is 0 Å². The van der Waals surface area contributed by atoms with Gasteiger partial charge in [-0.3, -0.25) is 0 Å². The fourth-order valence-electron chi connectivity index (χ4n) is 9.12. The summed E-state index contributed by atoms with van der Waals surface area (Å²) in [5, 5.41) is 0. The van der Waals surface area contributed by atoms with Crippen LogP contribution in [0.2, 0.25) is 0 Å². The molecule has 0 aliphatic heterocycles. The maximum Gasteiger partial charge on any atom is -0.00463 e. The van der Waals surface area contributed by atoms with Gasteiger partial charge in [-0.1, -0.05) is 83.1 Å². The van der Waals surface area contributed by atoms with Gasteiger partial charge in [-0.2, -0.15) is 0 Å². The smallest absolute Gasteiger partial charge is 0.00463 e. The lowest BCUT2D eigenvalue weighted by atomic mass is 9.47. The summed E-state index contributed by atoms with van der Waals surface area (Å²) in [6.45, 7) is 4.71. The molecule has 0 N–H and O–H groups in total. The second-order valence-corrected chi connectivity index (χ2v) is 13.1. The average Bonchev–Trinajstić information content (AvgIpc) is 2.89. The minimum atomic E-state index is 0.525. The standard InChI is InChI=1S/C33H52/c1-3-5-7-27-8-12-28(13-9-27)29-14-18-31(19-15-29)33-23-20-32(21-24-33,22-25-33)30-16-10-26(6-4-2)11-17-30/h14-15,18-19,26-28,30H,3-13,16-17,20-25H2,1-2H3/t26?,27-,28-,30?,32?,33?. The molecule has 5 fully saturated rings. The van der Waals surface area contributed by atoms with Gasteiger partial charge in [-0.15, -0.1) is 0 Å². The number of unbranched alkanes of at least 4 members (excludes halogenated alkanes) is 1. The van der Waals surface area contributed by atoms with E-state index in [9.17, 15) is 0 Å². The highest BCUT2D eigenvalue weighted by molar-refractivity contribution is 5.33. The zero-order valence-electron chi connectivity index (χ0n) is 22.1. The number of rotatable bonds is 8. The minimum absolute atomic E-state index is 0.525. The molecule has 0 saturated heterocycles. The van der Waals surface area contributed by atoms with Gasteiger partial charge in [-0.05, 0) is 123 Å². The van der Waals surface area contributed by atoms with E-state index in [-0.39, 0.29) is 0 Å². The molecule has 0 aromatic heterocycles. The molecular formula is C33H52. The van der Waals surface area contributed by atoms with Crippen molar-refractivity contribution in [2.75, 3.05) is 0 Å². The number of fused-ring (bicyclic) bond motifs is 3. The Kier molecular flexibility index (Phi) is 7.58. The largest absolute Gasteiger partial charge is 0.0654 e. The summed E-state index contributed by atoms with van der Waals surface area (Å²) in [5.41, 5.74) is 4.60. The molecule has 1 aromatic carbocycles. The van der Waals surface area contributed by atoms with Crippen molar-refractivity contribution in [2.24, 2.45) is 23.2 Å². The van der Waals surface area contributed by atoms with Crippen LogP contribution in [0.5, 0.6) is 0 Å². The summed E-state index contributed by atoms with van der Waals surface area (Å²) in [7, 11) is 0. The molecule has 0 heterocycles. The lowest BCUT2D eigenvalue weighted by Gasteiger charge is -2.58. The Labute approximate surface area is 205 Å². The van der Waals surface area contributed by atoms with E-state index in [0.717, 1.165) is 29.1 Å². The maximum atomic E-state index is 2.58. The Morgan fingerprint density at radius 2 is 1.21 bits per heavy atom. The fourth-order valence-corrected chi connectivity index (χ4v) is 9.12. The van der Waals surface area contributed by atoms with Gasteiger partial charge in [0.2, 0.25) is 0 Å². The van der Waals surface area contributed by atoms with Crippen LogP contribution >= 0.6 is 0 Å². The lowest BCUT2D eigenvalue weighted by Crippen LogP contribution is -2.48. The van der Waals surface area contributed by atoms with Crippen molar-refractivity contribution < 1.29 is 0 Å². The molecule has 2 bridgehead atoms.